The van der Waals surface area contributed by atoms with Crippen LogP contribution in [0, 0.1) is 0 Å². The molecule has 0 radical (unpaired) electrons. The fourth-order valence-corrected chi connectivity index (χ4v) is 10.8. The van der Waals surface area contributed by atoms with Gasteiger partial charge in [-0.25, -0.2) is 0 Å². The zero-order valence-electron chi connectivity index (χ0n) is 41.1. The summed E-state index contributed by atoms with van der Waals surface area (Å²) in [7, 11) is 0. The lowest BCUT2D eigenvalue weighted by atomic mass is 9.78. The Labute approximate surface area is 399 Å². The summed E-state index contributed by atoms with van der Waals surface area (Å²) in [5, 5.41) is 2.59. The van der Waals surface area contributed by atoms with Crippen molar-refractivity contribution in [2.24, 2.45) is 0 Å². The van der Waals surface area contributed by atoms with E-state index in [1.807, 2.05) is 0 Å². The van der Waals surface area contributed by atoms with Gasteiger partial charge in [0.15, 0.2) is 11.4 Å². The van der Waals surface area contributed by atoms with Gasteiger partial charge < -0.3 is 0 Å². The number of aromatic nitrogens is 2. The number of hydrogen-bond donors (Lipinski definition) is 0. The first-order valence-corrected chi connectivity index (χ1v) is 24.5. The number of imidazole rings is 1. The highest BCUT2D eigenvalue weighted by atomic mass is 15.2. The van der Waals surface area contributed by atoms with Crippen LogP contribution in [0.25, 0.3) is 44.7 Å². The Kier molecular flexibility index (Phi) is 11.3. The van der Waals surface area contributed by atoms with Crippen molar-refractivity contribution in [3.63, 3.8) is 0 Å². The lowest BCUT2D eigenvalue weighted by Gasteiger charge is -2.28. The average molecular weight is 874 g/mol. The molecule has 4 atom stereocenters. The Balaban J connectivity index is 1.39. The van der Waals surface area contributed by atoms with E-state index in [4.69, 9.17) is 0 Å². The van der Waals surface area contributed by atoms with E-state index in [0.717, 1.165) is 0 Å². The molecule has 0 spiro atoms. The van der Waals surface area contributed by atoms with Crippen LogP contribution in [0.3, 0.4) is 0 Å². The third-order valence-electron chi connectivity index (χ3n) is 15.0. The summed E-state index contributed by atoms with van der Waals surface area (Å²) in [5.74, 6) is 0.443. The molecule has 4 unspecified atom stereocenters. The van der Waals surface area contributed by atoms with Crippen LogP contribution in [-0.4, -0.2) is 4.57 Å². The second kappa shape index (κ2) is 17.1. The molecule has 0 aliphatic heterocycles. The molecular formula is C65H65N2+. The molecule has 67 heavy (non-hydrogen) atoms. The van der Waals surface area contributed by atoms with Crippen LogP contribution in [0.15, 0.2) is 188 Å². The predicted octanol–water partition coefficient (Wildman–Crippen LogP) is 16.8. The number of benzene rings is 8. The SMILES string of the molecule is CC(c1ccccc1)c1cc(C(C)(C)C)cc(C(C)c2ccccc2)c1-n1c[n+](-c2c(C(C)c3ccccc3)cc(C(C)(C)C)cc2C(C)c2ccccc2)c2c1-c1cccc3cccc-2c13. The molecule has 0 amide bonds. The molecule has 334 valence electrons. The van der Waals surface area contributed by atoms with E-state index in [1.165, 1.54) is 100 Å². The van der Waals surface area contributed by atoms with E-state index >= 15 is 0 Å². The molecule has 0 saturated carbocycles. The topological polar surface area (TPSA) is 8.81 Å². The molecule has 1 heterocycles. The van der Waals surface area contributed by atoms with E-state index in [-0.39, 0.29) is 34.5 Å². The van der Waals surface area contributed by atoms with Crippen molar-refractivity contribution in [2.45, 2.75) is 104 Å². The summed E-state index contributed by atoms with van der Waals surface area (Å²) in [6.07, 6.45) is 2.49. The van der Waals surface area contributed by atoms with E-state index in [0.29, 0.717) is 0 Å². The maximum Gasteiger partial charge on any atom is 0.255 e. The van der Waals surface area contributed by atoms with Crippen LogP contribution in [0.1, 0.15) is 149 Å². The standard InChI is InChI=1S/C65H65N2/c1-42(46-25-15-11-16-26-46)55-37-51(64(5,6)7)38-56(43(2)47-27-17-12-18-28-47)60(55)66-41-67(63-54-36-24-34-50-33-23-35-53(59(50)54)62(63)66)61-57(44(3)48-29-19-13-20-30-48)39-52(65(8,9)10)40-58(61)45(4)49-31-21-14-22-32-49/h11-45H,1-10H3/q+1. The predicted molar refractivity (Wildman–Crippen MR) is 282 cm³/mol. The summed E-state index contributed by atoms with van der Waals surface area (Å²) in [6.45, 7) is 23.8. The van der Waals surface area contributed by atoms with Gasteiger partial charge in [-0.15, -0.1) is 0 Å². The summed E-state index contributed by atoms with van der Waals surface area (Å²) in [4.78, 5) is 0. The van der Waals surface area contributed by atoms with Gasteiger partial charge in [-0.05, 0) is 61.7 Å². The average Bonchev–Trinajstić information content (AvgIpc) is 3.90. The second-order valence-corrected chi connectivity index (χ2v) is 21.3. The first-order chi connectivity index (χ1) is 32.2. The highest BCUT2D eigenvalue weighted by Gasteiger charge is 2.41. The molecule has 0 bridgehead atoms. The Bertz CT molecular complexity index is 2890. The highest BCUT2D eigenvalue weighted by molar-refractivity contribution is 6.13. The van der Waals surface area contributed by atoms with E-state index in [2.05, 4.69) is 267 Å². The van der Waals surface area contributed by atoms with Gasteiger partial charge in [0, 0.05) is 62.4 Å². The van der Waals surface area contributed by atoms with Crippen molar-refractivity contribution >= 4 is 10.8 Å². The molecule has 1 aliphatic rings. The van der Waals surface area contributed by atoms with Crippen molar-refractivity contribution in [2.75, 3.05) is 0 Å². The molecule has 0 saturated heterocycles. The number of hydrogen-bond acceptors (Lipinski definition) is 0. The second-order valence-electron chi connectivity index (χ2n) is 21.3. The van der Waals surface area contributed by atoms with Crippen LogP contribution < -0.4 is 4.57 Å². The first kappa shape index (κ1) is 44.1. The van der Waals surface area contributed by atoms with Crippen LogP contribution in [-0.2, 0) is 10.8 Å². The Hall–Kier alpha value is -6.77. The van der Waals surface area contributed by atoms with Crippen molar-refractivity contribution in [3.05, 3.63) is 244 Å². The maximum absolute atomic E-state index is 2.63. The zero-order valence-corrected chi connectivity index (χ0v) is 41.1. The van der Waals surface area contributed by atoms with E-state index in [9.17, 15) is 0 Å². The van der Waals surface area contributed by atoms with Crippen molar-refractivity contribution < 1.29 is 4.57 Å². The highest BCUT2D eigenvalue weighted by Crippen LogP contribution is 2.51. The van der Waals surface area contributed by atoms with Gasteiger partial charge in [0.2, 0.25) is 0 Å². The Morgan fingerprint density at radius 3 is 1.15 bits per heavy atom. The van der Waals surface area contributed by atoms with Crippen LogP contribution in [0.2, 0.25) is 0 Å². The third kappa shape index (κ3) is 7.85. The molecular weight excluding hydrogens is 809 g/mol. The minimum absolute atomic E-state index is 0.0744. The van der Waals surface area contributed by atoms with Crippen molar-refractivity contribution in [3.8, 4) is 33.9 Å². The van der Waals surface area contributed by atoms with Crippen LogP contribution in [0.5, 0.6) is 0 Å². The maximum atomic E-state index is 2.63. The number of nitrogens with zero attached hydrogens (tertiary/aromatic N) is 2. The van der Waals surface area contributed by atoms with E-state index < -0.39 is 0 Å². The largest absolute Gasteiger partial charge is 0.255 e. The van der Waals surface area contributed by atoms with Gasteiger partial charge in [-0.2, -0.15) is 9.13 Å². The lowest BCUT2D eigenvalue weighted by Crippen LogP contribution is -2.35. The molecule has 8 aromatic carbocycles. The van der Waals surface area contributed by atoms with E-state index in [1.54, 1.807) is 0 Å². The van der Waals surface area contributed by atoms with Gasteiger partial charge in [-0.3, -0.25) is 0 Å². The monoisotopic (exact) mass is 874 g/mol. The van der Waals surface area contributed by atoms with Gasteiger partial charge in [0.25, 0.3) is 6.33 Å². The smallest absolute Gasteiger partial charge is 0.193 e. The molecule has 9 aromatic rings. The third-order valence-corrected chi connectivity index (χ3v) is 15.0. The molecule has 2 heteroatoms. The van der Waals surface area contributed by atoms with Crippen LogP contribution >= 0.6 is 0 Å². The van der Waals surface area contributed by atoms with Gasteiger partial charge in [0.05, 0.1) is 0 Å². The first-order valence-electron chi connectivity index (χ1n) is 24.5. The van der Waals surface area contributed by atoms with Crippen LogP contribution in [0.4, 0.5) is 0 Å². The quantitative estimate of drug-likeness (QED) is 0.121. The summed E-state index contributed by atoms with van der Waals surface area (Å²) < 4.78 is 5.26. The Morgan fingerprint density at radius 2 is 0.761 bits per heavy atom. The summed E-state index contributed by atoms with van der Waals surface area (Å²) >= 11 is 0. The Morgan fingerprint density at radius 1 is 0.403 bits per heavy atom. The van der Waals surface area contributed by atoms with Gasteiger partial charge >= 0.3 is 0 Å². The zero-order chi connectivity index (χ0) is 46.8. The lowest BCUT2D eigenvalue weighted by molar-refractivity contribution is -0.584. The molecule has 0 N–H and O–H groups in total. The molecule has 2 nitrogen and oxygen atoms in total. The van der Waals surface area contributed by atoms with Gasteiger partial charge in [-0.1, -0.05) is 239 Å². The molecule has 1 aromatic heterocycles. The minimum atomic E-state index is -0.0744. The minimum Gasteiger partial charge on any atom is -0.193 e. The molecule has 0 fully saturated rings. The number of rotatable bonds is 10. The molecule has 1 aliphatic carbocycles. The fraction of sp³-hybridized carbons (Fsp3) is 0.246. The van der Waals surface area contributed by atoms with Crippen molar-refractivity contribution in [1.29, 1.82) is 0 Å². The normalized spacial score (nSPS) is 14.2. The molecule has 10 rings (SSSR count). The fourth-order valence-electron chi connectivity index (χ4n) is 10.8. The van der Waals surface area contributed by atoms with Gasteiger partial charge in [0.1, 0.15) is 11.4 Å². The van der Waals surface area contributed by atoms with Crippen molar-refractivity contribution in [1.82, 2.24) is 4.57 Å². The summed E-state index contributed by atoms with van der Waals surface area (Å²) in [6, 6.07) is 68.5. The summed E-state index contributed by atoms with van der Waals surface area (Å²) in [5.41, 5.74) is 20.7. The number of fused-ring (bicyclic) bond motifs is 3.